The zero-order chi connectivity index (χ0) is 11.3. The van der Waals surface area contributed by atoms with Gasteiger partial charge in [-0.2, -0.15) is 0 Å². The third-order valence-electron chi connectivity index (χ3n) is 2.49. The summed E-state index contributed by atoms with van der Waals surface area (Å²) in [6, 6.07) is 5.81. The van der Waals surface area contributed by atoms with Gasteiger partial charge in [0.1, 0.15) is 0 Å². The van der Waals surface area contributed by atoms with Crippen LogP contribution in [0.2, 0.25) is 0 Å². The van der Waals surface area contributed by atoms with Crippen molar-refractivity contribution in [3.8, 4) is 0 Å². The molecule has 0 atom stereocenters. The van der Waals surface area contributed by atoms with Gasteiger partial charge in [-0.05, 0) is 24.0 Å². The summed E-state index contributed by atoms with van der Waals surface area (Å²) in [6.07, 6.45) is 3.66. The molecule has 0 spiro atoms. The average molecular weight is 206 g/mol. The lowest BCUT2D eigenvalue weighted by Crippen LogP contribution is -2.07. The van der Waals surface area contributed by atoms with Gasteiger partial charge in [0.2, 0.25) is 0 Å². The maximum absolute atomic E-state index is 11.2. The van der Waals surface area contributed by atoms with Gasteiger partial charge in [-0.3, -0.25) is 0 Å². The Labute approximate surface area is 90.9 Å². The van der Waals surface area contributed by atoms with Crippen molar-refractivity contribution in [3.63, 3.8) is 0 Å². The van der Waals surface area contributed by atoms with E-state index in [1.807, 2.05) is 18.2 Å². The molecule has 0 radical (unpaired) electrons. The first-order valence-electron chi connectivity index (χ1n) is 5.54. The number of rotatable bonds is 5. The third-order valence-corrected chi connectivity index (χ3v) is 2.49. The zero-order valence-corrected chi connectivity index (χ0v) is 9.42. The highest BCUT2D eigenvalue weighted by molar-refractivity contribution is 5.91. The van der Waals surface area contributed by atoms with Crippen LogP contribution in [0.1, 0.15) is 48.2 Å². The fraction of sp³-hybridized carbons (Fsp3) is 0.462. The van der Waals surface area contributed by atoms with Crippen LogP contribution >= 0.6 is 0 Å². The molecule has 15 heavy (non-hydrogen) atoms. The minimum atomic E-state index is -0.789. The molecule has 0 unspecified atom stereocenters. The van der Waals surface area contributed by atoms with Crippen molar-refractivity contribution in [2.45, 2.75) is 39.5 Å². The second kappa shape index (κ2) is 5.54. The molecule has 0 aliphatic carbocycles. The molecule has 1 aromatic carbocycles. The first kappa shape index (κ1) is 11.8. The van der Waals surface area contributed by atoms with Crippen molar-refractivity contribution < 1.29 is 9.90 Å². The predicted octanol–water partition coefficient (Wildman–Crippen LogP) is 3.29. The van der Waals surface area contributed by atoms with Crippen molar-refractivity contribution in [2.24, 2.45) is 0 Å². The van der Waals surface area contributed by atoms with Crippen molar-refractivity contribution >= 4 is 5.97 Å². The smallest absolute Gasteiger partial charge is 0.336 e. The minimum absolute atomic E-state index is 0.529. The topological polar surface area (TPSA) is 37.3 Å². The SMILES string of the molecule is CCCc1cccc(CCC)c1C(=O)O. The van der Waals surface area contributed by atoms with E-state index in [-0.39, 0.29) is 0 Å². The van der Waals surface area contributed by atoms with Gasteiger partial charge in [0.05, 0.1) is 5.56 Å². The summed E-state index contributed by atoms with van der Waals surface area (Å²) >= 11 is 0. The molecule has 2 heteroatoms. The normalized spacial score (nSPS) is 10.3. The molecular formula is C13H18O2. The second-order valence-electron chi connectivity index (χ2n) is 3.76. The minimum Gasteiger partial charge on any atom is -0.478 e. The predicted molar refractivity (Wildman–Crippen MR) is 61.4 cm³/mol. The van der Waals surface area contributed by atoms with Crippen LogP contribution in [0.5, 0.6) is 0 Å². The molecule has 1 N–H and O–H groups in total. The molecule has 82 valence electrons. The highest BCUT2D eigenvalue weighted by Crippen LogP contribution is 2.18. The monoisotopic (exact) mass is 206 g/mol. The summed E-state index contributed by atoms with van der Waals surface area (Å²) < 4.78 is 0. The van der Waals surface area contributed by atoms with Gasteiger partial charge < -0.3 is 5.11 Å². The lowest BCUT2D eigenvalue weighted by molar-refractivity contribution is 0.0694. The Kier molecular flexibility index (Phi) is 4.35. The largest absolute Gasteiger partial charge is 0.478 e. The standard InChI is InChI=1S/C13H18O2/c1-3-6-10-8-5-9-11(7-4-2)12(10)13(14)15/h5,8-9H,3-4,6-7H2,1-2H3,(H,14,15). The van der Waals surface area contributed by atoms with Crippen LogP contribution in [0.25, 0.3) is 0 Å². The molecule has 0 aromatic heterocycles. The molecule has 0 heterocycles. The van der Waals surface area contributed by atoms with Crippen molar-refractivity contribution in [2.75, 3.05) is 0 Å². The van der Waals surface area contributed by atoms with Gasteiger partial charge in [-0.1, -0.05) is 44.9 Å². The lowest BCUT2D eigenvalue weighted by Gasteiger charge is -2.10. The molecule has 0 fully saturated rings. The van der Waals surface area contributed by atoms with Crippen LogP contribution < -0.4 is 0 Å². The van der Waals surface area contributed by atoms with E-state index in [1.54, 1.807) is 0 Å². The summed E-state index contributed by atoms with van der Waals surface area (Å²) in [7, 11) is 0. The Balaban J connectivity index is 3.15. The van der Waals surface area contributed by atoms with Gasteiger partial charge in [-0.25, -0.2) is 4.79 Å². The quantitative estimate of drug-likeness (QED) is 0.802. The average Bonchev–Trinajstić information content (AvgIpc) is 2.18. The van der Waals surface area contributed by atoms with E-state index in [0.717, 1.165) is 36.8 Å². The fourth-order valence-electron chi connectivity index (χ4n) is 1.88. The van der Waals surface area contributed by atoms with Gasteiger partial charge in [-0.15, -0.1) is 0 Å². The van der Waals surface area contributed by atoms with Crippen molar-refractivity contribution in [1.82, 2.24) is 0 Å². The molecule has 1 rings (SSSR count). The summed E-state index contributed by atoms with van der Waals surface area (Å²) in [4.78, 5) is 11.2. The summed E-state index contributed by atoms with van der Waals surface area (Å²) in [5.41, 5.74) is 2.47. The second-order valence-corrected chi connectivity index (χ2v) is 3.76. The zero-order valence-electron chi connectivity index (χ0n) is 9.42. The highest BCUT2D eigenvalue weighted by Gasteiger charge is 2.13. The Morgan fingerprint density at radius 3 is 1.93 bits per heavy atom. The van der Waals surface area contributed by atoms with E-state index in [4.69, 9.17) is 0 Å². The Hall–Kier alpha value is -1.31. The van der Waals surface area contributed by atoms with Crippen LogP contribution in [0.3, 0.4) is 0 Å². The third kappa shape index (κ3) is 2.82. The number of hydrogen-bond donors (Lipinski definition) is 1. The van der Waals surface area contributed by atoms with E-state index in [9.17, 15) is 9.90 Å². The maximum atomic E-state index is 11.2. The number of aryl methyl sites for hydroxylation is 2. The first-order valence-corrected chi connectivity index (χ1v) is 5.54. The molecular weight excluding hydrogens is 188 g/mol. The van der Waals surface area contributed by atoms with Gasteiger partial charge in [0, 0.05) is 0 Å². The summed E-state index contributed by atoms with van der Waals surface area (Å²) in [6.45, 7) is 4.14. The van der Waals surface area contributed by atoms with Crippen LogP contribution in [0.15, 0.2) is 18.2 Å². The van der Waals surface area contributed by atoms with Gasteiger partial charge in [0.15, 0.2) is 0 Å². The van der Waals surface area contributed by atoms with Crippen LogP contribution in [0, 0.1) is 0 Å². The number of carbonyl (C=O) groups is 1. The number of benzene rings is 1. The number of carboxylic acids is 1. The molecule has 2 nitrogen and oxygen atoms in total. The lowest BCUT2D eigenvalue weighted by atomic mass is 9.95. The Morgan fingerprint density at radius 2 is 1.60 bits per heavy atom. The Morgan fingerprint density at radius 1 is 1.13 bits per heavy atom. The molecule has 0 amide bonds. The van der Waals surface area contributed by atoms with Gasteiger partial charge in [0.25, 0.3) is 0 Å². The maximum Gasteiger partial charge on any atom is 0.336 e. The van der Waals surface area contributed by atoms with Crippen molar-refractivity contribution in [1.29, 1.82) is 0 Å². The van der Waals surface area contributed by atoms with E-state index < -0.39 is 5.97 Å². The summed E-state index contributed by atoms with van der Waals surface area (Å²) in [5.74, 6) is -0.789. The molecule has 0 saturated heterocycles. The summed E-state index contributed by atoms with van der Waals surface area (Å²) in [5, 5.41) is 9.20. The number of carboxylic acid groups (broad SMARTS) is 1. The van der Waals surface area contributed by atoms with Gasteiger partial charge >= 0.3 is 5.97 Å². The number of aromatic carboxylic acids is 1. The Bertz CT molecular complexity index is 318. The van der Waals surface area contributed by atoms with Crippen LogP contribution in [0.4, 0.5) is 0 Å². The fourth-order valence-corrected chi connectivity index (χ4v) is 1.88. The van der Waals surface area contributed by atoms with E-state index in [2.05, 4.69) is 13.8 Å². The van der Waals surface area contributed by atoms with Crippen molar-refractivity contribution in [3.05, 3.63) is 34.9 Å². The van der Waals surface area contributed by atoms with Crippen LogP contribution in [-0.2, 0) is 12.8 Å². The molecule has 0 bridgehead atoms. The molecule has 0 aliphatic rings. The molecule has 1 aromatic rings. The van der Waals surface area contributed by atoms with E-state index in [1.165, 1.54) is 0 Å². The molecule has 0 aliphatic heterocycles. The van der Waals surface area contributed by atoms with Crippen LogP contribution in [-0.4, -0.2) is 11.1 Å². The highest BCUT2D eigenvalue weighted by atomic mass is 16.4. The first-order chi connectivity index (χ1) is 7.20. The number of hydrogen-bond acceptors (Lipinski definition) is 1. The van der Waals surface area contributed by atoms with E-state index >= 15 is 0 Å². The van der Waals surface area contributed by atoms with E-state index in [0.29, 0.717) is 5.56 Å². The molecule has 0 saturated carbocycles.